The lowest BCUT2D eigenvalue weighted by molar-refractivity contribution is 0.0824. The van der Waals surface area contributed by atoms with Crippen LogP contribution in [0.4, 0.5) is 17.1 Å². The number of rotatable bonds is 5. The quantitative estimate of drug-likeness (QED) is 0.549. The van der Waals surface area contributed by atoms with Crippen LogP contribution in [0.2, 0.25) is 0 Å². The van der Waals surface area contributed by atoms with Crippen molar-refractivity contribution >= 4 is 23.0 Å². The molecule has 0 spiro atoms. The monoisotopic (exact) mass is 375 g/mol. The van der Waals surface area contributed by atoms with Gasteiger partial charge in [0.05, 0.1) is 11.3 Å². The number of nitrogens with zero attached hydrogens (tertiary/aromatic N) is 1. The minimum absolute atomic E-state index is 0. The molecule has 0 aliphatic heterocycles. The van der Waals surface area contributed by atoms with Crippen molar-refractivity contribution in [2.45, 2.75) is 38.6 Å². The van der Waals surface area contributed by atoms with E-state index in [1.54, 1.807) is 26.2 Å². The Bertz CT molecular complexity index is 930. The summed E-state index contributed by atoms with van der Waals surface area (Å²) in [4.78, 5) is 37.6. The molecule has 0 aromatic heterocycles. The van der Waals surface area contributed by atoms with Gasteiger partial charge in [0.1, 0.15) is 11.4 Å². The van der Waals surface area contributed by atoms with E-state index in [1.807, 2.05) is 0 Å². The molecule has 1 aliphatic carbocycles. The lowest BCUT2D eigenvalue weighted by atomic mass is 9.87. The summed E-state index contributed by atoms with van der Waals surface area (Å²) in [7, 11) is 3.18. The van der Waals surface area contributed by atoms with Gasteiger partial charge >= 0.3 is 0 Å². The molecule has 3 rings (SSSR count). The molecule has 1 amide bonds. The van der Waals surface area contributed by atoms with E-state index in [0.29, 0.717) is 5.92 Å². The first-order chi connectivity index (χ1) is 12.8. The zero-order valence-electron chi connectivity index (χ0n) is 15.8. The predicted molar refractivity (Wildman–Crippen MR) is 110 cm³/mol. The third-order valence-electron chi connectivity index (χ3n) is 5.21. The molecule has 0 unspecified atom stereocenters. The van der Waals surface area contributed by atoms with Gasteiger partial charge in [-0.25, -0.2) is 0 Å². The first-order valence-corrected chi connectivity index (χ1v) is 9.20. The predicted octanol–water partition coefficient (Wildman–Crippen LogP) is 2.92. The Kier molecular flexibility index (Phi) is 5.21. The molecule has 1 aliphatic rings. The third-order valence-corrected chi connectivity index (χ3v) is 5.21. The Hall–Kier alpha value is -2.83. The molecule has 7 heteroatoms. The Balaban J connectivity index is 0.00000210. The minimum atomic E-state index is -0.620. The molecule has 0 saturated heterocycles. The van der Waals surface area contributed by atoms with Crippen molar-refractivity contribution in [1.82, 2.24) is 4.90 Å². The zero-order valence-corrected chi connectivity index (χ0v) is 15.8. The second kappa shape index (κ2) is 7.42. The van der Waals surface area contributed by atoms with E-state index < -0.39 is 10.9 Å². The van der Waals surface area contributed by atoms with Gasteiger partial charge in [0.15, 0.2) is 5.75 Å². The van der Waals surface area contributed by atoms with Gasteiger partial charge in [0.25, 0.3) is 16.8 Å². The molecular weight excluding hydrogens is 346 g/mol. The molecule has 27 heavy (non-hydrogen) atoms. The average Bonchev–Trinajstić information content (AvgIpc) is 2.66. The number of phenols is 1. The fourth-order valence-corrected chi connectivity index (χ4v) is 3.45. The molecule has 0 bridgehead atoms. The van der Waals surface area contributed by atoms with Crippen LogP contribution in [-0.4, -0.2) is 36.1 Å². The fourth-order valence-electron chi connectivity index (χ4n) is 3.45. The highest BCUT2D eigenvalue weighted by molar-refractivity contribution is 5.99. The van der Waals surface area contributed by atoms with Crippen LogP contribution in [0.15, 0.2) is 27.8 Å². The molecule has 1 saturated carbocycles. The van der Waals surface area contributed by atoms with Crippen molar-refractivity contribution in [3.8, 4) is 5.75 Å². The van der Waals surface area contributed by atoms with Gasteiger partial charge in [-0.3, -0.25) is 14.4 Å². The van der Waals surface area contributed by atoms with Crippen LogP contribution in [0.1, 0.15) is 45.8 Å². The van der Waals surface area contributed by atoms with Crippen molar-refractivity contribution in [1.29, 1.82) is 0 Å². The van der Waals surface area contributed by atoms with E-state index in [4.69, 9.17) is 0 Å². The van der Waals surface area contributed by atoms with E-state index in [0.717, 1.165) is 25.7 Å². The minimum Gasteiger partial charge on any atom is -0.505 e. The molecule has 148 valence electrons. The van der Waals surface area contributed by atoms with Gasteiger partial charge in [0, 0.05) is 23.0 Å². The summed E-state index contributed by atoms with van der Waals surface area (Å²) >= 11 is 0. The summed E-state index contributed by atoms with van der Waals surface area (Å²) < 4.78 is 0. The number of hydrogen-bond donors (Lipinski definition) is 3. The molecular formula is C20H29N3O4. The number of carbonyl (C=O) groups excluding carboxylic acids is 1. The molecule has 0 heterocycles. The number of benzene rings is 1. The Labute approximate surface area is 160 Å². The van der Waals surface area contributed by atoms with Gasteiger partial charge in [-0.15, -0.1) is 0 Å². The second-order valence-corrected chi connectivity index (χ2v) is 7.54. The third kappa shape index (κ3) is 3.67. The van der Waals surface area contributed by atoms with Crippen LogP contribution in [-0.2, 0) is 0 Å². The lowest BCUT2D eigenvalue weighted by Gasteiger charge is -2.28. The molecule has 7 nitrogen and oxygen atoms in total. The van der Waals surface area contributed by atoms with Crippen LogP contribution in [0, 0.1) is 5.92 Å². The van der Waals surface area contributed by atoms with Crippen LogP contribution in [0.5, 0.6) is 5.75 Å². The van der Waals surface area contributed by atoms with Crippen LogP contribution < -0.4 is 21.5 Å². The average molecular weight is 375 g/mol. The number of anilines is 3. The molecule has 0 radical (unpaired) electrons. The van der Waals surface area contributed by atoms with E-state index in [9.17, 15) is 19.5 Å². The first kappa shape index (κ1) is 18.9. The van der Waals surface area contributed by atoms with E-state index in [1.165, 1.54) is 11.0 Å². The zero-order chi connectivity index (χ0) is 19.7. The number of amides is 1. The SMILES string of the molecule is CC1CCC(Nc2c(Nc3cccc(C(=O)N(C)C)c3O)c(=O)c2=O)CC1.[HH].[HH]. The van der Waals surface area contributed by atoms with Crippen molar-refractivity contribution in [2.24, 2.45) is 5.92 Å². The maximum absolute atomic E-state index is 12.1. The van der Waals surface area contributed by atoms with E-state index in [2.05, 4.69) is 17.6 Å². The largest absolute Gasteiger partial charge is 0.505 e. The summed E-state index contributed by atoms with van der Waals surface area (Å²) in [5.41, 5.74) is -0.414. The summed E-state index contributed by atoms with van der Waals surface area (Å²) in [6, 6.07) is 4.85. The summed E-state index contributed by atoms with van der Waals surface area (Å²) in [6.07, 6.45) is 4.09. The first-order valence-electron chi connectivity index (χ1n) is 9.20. The van der Waals surface area contributed by atoms with Crippen molar-refractivity contribution in [3.05, 3.63) is 44.2 Å². The topological polar surface area (TPSA) is 98.7 Å². The van der Waals surface area contributed by atoms with Crippen LogP contribution in [0.25, 0.3) is 0 Å². The molecule has 1 fully saturated rings. The molecule has 2 aromatic carbocycles. The smallest absolute Gasteiger partial charge is 0.257 e. The van der Waals surface area contributed by atoms with Gasteiger partial charge in [0.2, 0.25) is 0 Å². The maximum atomic E-state index is 12.1. The van der Waals surface area contributed by atoms with E-state index in [-0.39, 0.29) is 43.2 Å². The van der Waals surface area contributed by atoms with Crippen LogP contribution in [0.3, 0.4) is 0 Å². The van der Waals surface area contributed by atoms with Gasteiger partial charge in [-0.05, 0) is 43.7 Å². The number of phenolic OH excluding ortho intramolecular Hbond substituents is 1. The Morgan fingerprint density at radius 1 is 1.11 bits per heavy atom. The standard InChI is InChI=1S/C20H25N3O4.2H2/c1-11-7-9-12(10-8-11)21-15-16(19(26)18(15)25)22-14-6-4-5-13(17(14)24)20(27)23(2)3;;/h4-6,11-12,21-22,24H,7-10H2,1-3H3;2*1H. The fraction of sp³-hybridized carbons (Fsp3) is 0.450. The van der Waals surface area contributed by atoms with Crippen molar-refractivity contribution in [3.63, 3.8) is 0 Å². The second-order valence-electron chi connectivity index (χ2n) is 7.54. The van der Waals surface area contributed by atoms with Gasteiger partial charge < -0.3 is 20.6 Å². The van der Waals surface area contributed by atoms with Gasteiger partial charge in [-0.1, -0.05) is 13.0 Å². The number of aromatic hydroxyl groups is 1. The normalized spacial score (nSPS) is 19.7. The number of carbonyl (C=O) groups is 1. The highest BCUT2D eigenvalue weighted by Gasteiger charge is 2.26. The maximum Gasteiger partial charge on any atom is 0.257 e. The summed E-state index contributed by atoms with van der Waals surface area (Å²) in [6.45, 7) is 2.21. The lowest BCUT2D eigenvalue weighted by Crippen LogP contribution is -2.39. The number of para-hydroxylation sites is 1. The highest BCUT2D eigenvalue weighted by Crippen LogP contribution is 2.33. The molecule has 0 atom stereocenters. The van der Waals surface area contributed by atoms with Gasteiger partial charge in [-0.2, -0.15) is 0 Å². The summed E-state index contributed by atoms with van der Waals surface area (Å²) in [5, 5.41) is 16.4. The summed E-state index contributed by atoms with van der Waals surface area (Å²) in [5.74, 6) is 0.0831. The van der Waals surface area contributed by atoms with Crippen molar-refractivity contribution in [2.75, 3.05) is 24.7 Å². The highest BCUT2D eigenvalue weighted by atomic mass is 16.3. The van der Waals surface area contributed by atoms with Crippen LogP contribution >= 0.6 is 0 Å². The molecule has 3 N–H and O–H groups in total. The van der Waals surface area contributed by atoms with Crippen molar-refractivity contribution < 1.29 is 12.8 Å². The Morgan fingerprint density at radius 2 is 1.74 bits per heavy atom. The van der Waals surface area contributed by atoms with E-state index >= 15 is 0 Å². The molecule has 2 aromatic rings. The Morgan fingerprint density at radius 3 is 2.37 bits per heavy atom. The number of hydrogen-bond acceptors (Lipinski definition) is 6. The number of nitrogens with one attached hydrogen (secondary N) is 2.